The second kappa shape index (κ2) is 9.69. The van der Waals surface area contributed by atoms with E-state index < -0.39 is 33.3 Å². The average molecular weight is 491 g/mol. The molecule has 1 atom stereocenters. The van der Waals surface area contributed by atoms with Crippen molar-refractivity contribution in [1.29, 1.82) is 0 Å². The summed E-state index contributed by atoms with van der Waals surface area (Å²) in [5, 5.41) is 0.237. The minimum absolute atomic E-state index is 0.102. The van der Waals surface area contributed by atoms with Crippen molar-refractivity contribution in [3.63, 3.8) is 0 Å². The topological polar surface area (TPSA) is 81.3 Å². The largest absolute Gasteiger partial charge is 0.375 e. The maximum Gasteiger partial charge on any atom is 0.181 e. The third-order valence-electron chi connectivity index (χ3n) is 4.62. The molecule has 0 radical (unpaired) electrons. The molecule has 0 aliphatic rings. The van der Waals surface area contributed by atoms with E-state index in [2.05, 4.69) is 9.97 Å². The second-order valence-electron chi connectivity index (χ2n) is 6.72. The Labute approximate surface area is 194 Å². The van der Waals surface area contributed by atoms with Gasteiger partial charge in [0.1, 0.15) is 18.4 Å². The molecule has 2 heterocycles. The molecule has 0 fully saturated rings. The molecule has 0 spiro atoms. The molecule has 0 amide bonds. The Morgan fingerprint density at radius 3 is 2.61 bits per heavy atom. The summed E-state index contributed by atoms with van der Waals surface area (Å²) in [7, 11) is -0.986. The molecule has 0 aliphatic heterocycles. The van der Waals surface area contributed by atoms with Gasteiger partial charge in [-0.2, -0.15) is 0 Å². The first kappa shape index (κ1) is 22.9. The third-order valence-corrected chi connectivity index (χ3v) is 6.94. The zero-order chi connectivity index (χ0) is 23.5. The number of benzene rings is 2. The highest BCUT2D eigenvalue weighted by molar-refractivity contribution is 7.86. The lowest BCUT2D eigenvalue weighted by atomic mass is 10.1. The predicted molar refractivity (Wildman–Crippen MR) is 122 cm³/mol. The average Bonchev–Trinajstić information content (AvgIpc) is 3.21. The number of aromatic nitrogens is 2. The van der Waals surface area contributed by atoms with Gasteiger partial charge in [0, 0.05) is 25.1 Å². The zero-order valence-electron chi connectivity index (χ0n) is 17.2. The normalized spacial score (nSPS) is 12.0. The van der Waals surface area contributed by atoms with Gasteiger partial charge >= 0.3 is 0 Å². The number of pyridine rings is 1. The van der Waals surface area contributed by atoms with Gasteiger partial charge in [0.25, 0.3) is 0 Å². The fourth-order valence-corrected chi connectivity index (χ4v) is 5.23. The number of nitrogens with zero attached hydrogens (tertiary/aromatic N) is 3. The molecular formula is C22H17F3N4O2S2. The molecule has 2 aromatic carbocycles. The van der Waals surface area contributed by atoms with Gasteiger partial charge in [-0.25, -0.2) is 22.4 Å². The molecule has 11 heteroatoms. The summed E-state index contributed by atoms with van der Waals surface area (Å²) >= 11 is 1.18. The minimum atomic E-state index is -2.30. The van der Waals surface area contributed by atoms with Crippen molar-refractivity contribution < 1.29 is 22.1 Å². The van der Waals surface area contributed by atoms with E-state index in [9.17, 15) is 13.0 Å². The Morgan fingerprint density at radius 2 is 1.88 bits per heavy atom. The van der Waals surface area contributed by atoms with Crippen molar-refractivity contribution in [2.24, 2.45) is 0 Å². The molecule has 0 aliphatic carbocycles. The second-order valence-corrected chi connectivity index (χ2v) is 9.13. The van der Waals surface area contributed by atoms with Gasteiger partial charge in [-0.15, -0.1) is 0 Å². The fraction of sp³-hybridized carbons (Fsp3) is 0.0909. The predicted octanol–water partition coefficient (Wildman–Crippen LogP) is 5.00. The SMILES string of the molecule is COCN(c1cccc(-c2nc(N)sc2-c2ccncc2)c1F)S(=O)c1cc(F)ccc1F. The lowest BCUT2D eigenvalue weighted by Crippen LogP contribution is -2.29. The molecular weight excluding hydrogens is 473 g/mol. The van der Waals surface area contributed by atoms with Crippen molar-refractivity contribution in [2.45, 2.75) is 4.90 Å². The fourth-order valence-electron chi connectivity index (χ4n) is 3.17. The molecule has 4 rings (SSSR count). The van der Waals surface area contributed by atoms with Crippen molar-refractivity contribution >= 4 is 33.1 Å². The van der Waals surface area contributed by atoms with Crippen LogP contribution < -0.4 is 10.0 Å². The quantitative estimate of drug-likeness (QED) is 0.369. The van der Waals surface area contributed by atoms with Gasteiger partial charge in [0.15, 0.2) is 21.9 Å². The van der Waals surface area contributed by atoms with Crippen LogP contribution in [0.5, 0.6) is 0 Å². The highest BCUT2D eigenvalue weighted by Crippen LogP contribution is 2.40. The highest BCUT2D eigenvalue weighted by atomic mass is 32.2. The Hall–Kier alpha value is -3.28. The van der Waals surface area contributed by atoms with Gasteiger partial charge in [0.2, 0.25) is 0 Å². The molecule has 6 nitrogen and oxygen atoms in total. The van der Waals surface area contributed by atoms with Crippen LogP contribution in [-0.2, 0) is 15.7 Å². The molecule has 1 unspecified atom stereocenters. The number of ether oxygens (including phenoxy) is 1. The van der Waals surface area contributed by atoms with Crippen LogP contribution in [0.1, 0.15) is 0 Å². The van der Waals surface area contributed by atoms with Crippen LogP contribution in [0.2, 0.25) is 0 Å². The number of hydrogen-bond acceptors (Lipinski definition) is 6. The van der Waals surface area contributed by atoms with E-state index in [0.717, 1.165) is 28.1 Å². The molecule has 0 bridgehead atoms. The number of thiazole rings is 1. The van der Waals surface area contributed by atoms with Crippen LogP contribution in [-0.4, -0.2) is 28.0 Å². The number of nitrogens with two attached hydrogens (primary N) is 1. The maximum atomic E-state index is 15.8. The Kier molecular flexibility index (Phi) is 6.72. The number of anilines is 2. The van der Waals surface area contributed by atoms with Crippen molar-refractivity contribution in [2.75, 3.05) is 23.9 Å². The first-order chi connectivity index (χ1) is 15.9. The Balaban J connectivity index is 1.83. The van der Waals surface area contributed by atoms with Crippen molar-refractivity contribution in [1.82, 2.24) is 9.97 Å². The molecule has 4 aromatic rings. The van der Waals surface area contributed by atoms with Gasteiger partial charge < -0.3 is 10.5 Å². The van der Waals surface area contributed by atoms with Crippen LogP contribution >= 0.6 is 11.3 Å². The van der Waals surface area contributed by atoms with Gasteiger partial charge in [0.05, 0.1) is 21.2 Å². The van der Waals surface area contributed by atoms with E-state index >= 15 is 4.39 Å². The monoisotopic (exact) mass is 490 g/mol. The minimum Gasteiger partial charge on any atom is -0.375 e. The number of hydrogen-bond donors (Lipinski definition) is 1. The van der Waals surface area contributed by atoms with Gasteiger partial charge in [-0.3, -0.25) is 9.29 Å². The summed E-state index contributed by atoms with van der Waals surface area (Å²) in [4.78, 5) is 8.47. The summed E-state index contributed by atoms with van der Waals surface area (Å²) in [6, 6.07) is 10.5. The maximum absolute atomic E-state index is 15.8. The smallest absolute Gasteiger partial charge is 0.181 e. The number of halogens is 3. The van der Waals surface area contributed by atoms with Crippen LogP contribution in [0.3, 0.4) is 0 Å². The van der Waals surface area contributed by atoms with Crippen LogP contribution in [0.15, 0.2) is 65.8 Å². The highest BCUT2D eigenvalue weighted by Gasteiger charge is 2.26. The lowest BCUT2D eigenvalue weighted by Gasteiger charge is -2.24. The van der Waals surface area contributed by atoms with Crippen LogP contribution in [0.25, 0.3) is 21.7 Å². The first-order valence-corrected chi connectivity index (χ1v) is 11.4. The van der Waals surface area contributed by atoms with Gasteiger partial charge in [-0.05, 0) is 48.0 Å². The summed E-state index contributed by atoms with van der Waals surface area (Å²) in [6.07, 6.45) is 3.19. The summed E-state index contributed by atoms with van der Waals surface area (Å²) < 4.78 is 63.0. The third kappa shape index (κ3) is 4.61. The molecule has 0 saturated heterocycles. The number of nitrogen functional groups attached to an aromatic ring is 1. The summed E-state index contributed by atoms with van der Waals surface area (Å²) in [5.74, 6) is -2.42. The molecule has 2 N–H and O–H groups in total. The van der Waals surface area contributed by atoms with Crippen LogP contribution in [0, 0.1) is 17.5 Å². The van der Waals surface area contributed by atoms with Crippen LogP contribution in [0.4, 0.5) is 24.0 Å². The van der Waals surface area contributed by atoms with E-state index in [-0.39, 0.29) is 23.1 Å². The molecule has 33 heavy (non-hydrogen) atoms. The lowest BCUT2D eigenvalue weighted by molar-refractivity contribution is 0.210. The standard InChI is InChI=1S/C22H17F3N4O2S2/c1-31-12-29(33(30)18-11-14(23)5-6-16(18)24)17-4-2-3-15(19(17)25)20-21(32-22(26)28-20)13-7-9-27-10-8-13/h2-11H,12H2,1H3,(H2,26,28). The van der Waals surface area contributed by atoms with Gasteiger partial charge in [-0.1, -0.05) is 17.4 Å². The Bertz CT molecular complexity index is 1320. The van der Waals surface area contributed by atoms with Crippen molar-refractivity contribution in [3.05, 3.63) is 78.4 Å². The number of rotatable bonds is 7. The van der Waals surface area contributed by atoms with E-state index in [1.165, 1.54) is 30.6 Å². The molecule has 170 valence electrons. The van der Waals surface area contributed by atoms with E-state index in [1.54, 1.807) is 30.6 Å². The summed E-state index contributed by atoms with van der Waals surface area (Å²) in [5.41, 5.74) is 6.93. The summed E-state index contributed by atoms with van der Waals surface area (Å²) in [6.45, 7) is -0.348. The molecule has 2 aromatic heterocycles. The zero-order valence-corrected chi connectivity index (χ0v) is 18.8. The van der Waals surface area contributed by atoms with E-state index in [4.69, 9.17) is 10.5 Å². The number of methoxy groups -OCH3 is 1. The first-order valence-electron chi connectivity index (χ1n) is 9.49. The van der Waals surface area contributed by atoms with E-state index in [0.29, 0.717) is 10.6 Å². The van der Waals surface area contributed by atoms with Crippen molar-refractivity contribution in [3.8, 4) is 21.7 Å². The molecule has 0 saturated carbocycles. The Morgan fingerprint density at radius 1 is 1.12 bits per heavy atom. The van der Waals surface area contributed by atoms with E-state index in [1.807, 2.05) is 0 Å².